The fraction of sp³-hybridized carbons (Fsp3) is 0.412. The zero-order valence-electron chi connectivity index (χ0n) is 15.0. The normalized spacial score (nSPS) is 11.9. The quantitative estimate of drug-likeness (QED) is 0.369. The molecule has 2 N–H and O–H groups in total. The van der Waals surface area contributed by atoms with E-state index in [1.165, 1.54) is 22.3 Å². The van der Waals surface area contributed by atoms with Crippen LogP contribution >= 0.6 is 35.3 Å². The van der Waals surface area contributed by atoms with Crippen LogP contribution < -0.4 is 10.6 Å². The van der Waals surface area contributed by atoms with Gasteiger partial charge < -0.3 is 10.6 Å². The number of rotatable bonds is 4. The number of benzene rings is 1. The summed E-state index contributed by atoms with van der Waals surface area (Å²) in [6.07, 6.45) is -4.41. The van der Waals surface area contributed by atoms with Crippen LogP contribution in [0, 0.1) is 20.8 Å². The van der Waals surface area contributed by atoms with Gasteiger partial charge in [-0.1, -0.05) is 17.7 Å². The highest BCUT2D eigenvalue weighted by Gasteiger charge is 2.33. The molecule has 2 rings (SSSR count). The van der Waals surface area contributed by atoms with Gasteiger partial charge in [0, 0.05) is 19.0 Å². The summed E-state index contributed by atoms with van der Waals surface area (Å²) in [4.78, 5) is 7.69. The molecule has 0 bridgehead atoms. The predicted molar refractivity (Wildman–Crippen MR) is 110 cm³/mol. The molecule has 0 saturated heterocycles. The minimum absolute atomic E-state index is 0. The first-order valence-electron chi connectivity index (χ1n) is 7.73. The highest BCUT2D eigenvalue weighted by molar-refractivity contribution is 14.0. The number of thiazole rings is 1. The number of hydrogen-bond donors (Lipinski definition) is 2. The lowest BCUT2D eigenvalue weighted by molar-refractivity contribution is -0.140. The number of aromatic nitrogens is 1. The molecule has 0 aliphatic rings. The van der Waals surface area contributed by atoms with Gasteiger partial charge in [-0.05, 0) is 37.5 Å². The van der Waals surface area contributed by atoms with E-state index in [1.54, 1.807) is 7.05 Å². The van der Waals surface area contributed by atoms with Crippen molar-refractivity contribution in [1.82, 2.24) is 15.6 Å². The summed E-state index contributed by atoms with van der Waals surface area (Å²) in [5.74, 6) is 0.517. The van der Waals surface area contributed by atoms with E-state index in [0.29, 0.717) is 17.5 Å². The van der Waals surface area contributed by atoms with Crippen LogP contribution in [0.25, 0.3) is 0 Å². The van der Waals surface area contributed by atoms with Gasteiger partial charge in [-0.2, -0.15) is 13.2 Å². The van der Waals surface area contributed by atoms with Crippen molar-refractivity contribution < 1.29 is 13.2 Å². The number of aryl methyl sites for hydroxylation is 3. The molecular formula is C17H22F3IN4S. The maximum Gasteiger partial charge on any atom is 0.434 e. The zero-order valence-corrected chi connectivity index (χ0v) is 18.1. The molecule has 1 aromatic carbocycles. The summed E-state index contributed by atoms with van der Waals surface area (Å²) in [6, 6.07) is 4.24. The number of hydrogen-bond acceptors (Lipinski definition) is 3. The Labute approximate surface area is 172 Å². The van der Waals surface area contributed by atoms with E-state index in [4.69, 9.17) is 0 Å². The lowest BCUT2D eigenvalue weighted by Crippen LogP contribution is -2.36. The molecule has 0 spiro atoms. The molecule has 0 amide bonds. The Kier molecular flexibility index (Phi) is 8.32. The first-order chi connectivity index (χ1) is 11.7. The van der Waals surface area contributed by atoms with Gasteiger partial charge in [-0.15, -0.1) is 35.3 Å². The third kappa shape index (κ3) is 6.11. The van der Waals surface area contributed by atoms with Crippen LogP contribution in [0.15, 0.2) is 22.5 Å². The molecule has 0 aliphatic carbocycles. The van der Waals surface area contributed by atoms with Crippen molar-refractivity contribution >= 4 is 41.3 Å². The molecule has 1 aromatic heterocycles. The minimum atomic E-state index is -4.41. The Morgan fingerprint density at radius 2 is 1.69 bits per heavy atom. The average molecular weight is 498 g/mol. The van der Waals surface area contributed by atoms with E-state index >= 15 is 0 Å². The van der Waals surface area contributed by atoms with Gasteiger partial charge in [-0.3, -0.25) is 4.99 Å². The molecule has 144 valence electrons. The summed E-state index contributed by atoms with van der Waals surface area (Å²) >= 11 is 0.973. The Bertz CT molecular complexity index is 749. The third-order valence-electron chi connectivity index (χ3n) is 3.75. The van der Waals surface area contributed by atoms with Gasteiger partial charge in [0.15, 0.2) is 11.7 Å². The number of halogens is 4. The standard InChI is InChI=1S/C17H21F3N4S.HI/c1-10-5-11(2)13(12(3)6-10)7-22-16(21-4)23-8-15-24-14(9-25-15)17(18,19)20;/h5-6,9H,7-8H2,1-4H3,(H2,21,22,23);1H. The van der Waals surface area contributed by atoms with Crippen LogP contribution in [-0.4, -0.2) is 18.0 Å². The van der Waals surface area contributed by atoms with Crippen LogP contribution in [0.5, 0.6) is 0 Å². The number of nitrogens with zero attached hydrogens (tertiary/aromatic N) is 2. The molecule has 2 aromatic rings. The van der Waals surface area contributed by atoms with Crippen molar-refractivity contribution in [3.8, 4) is 0 Å². The molecule has 0 unspecified atom stereocenters. The number of aliphatic imine (C=N–C) groups is 1. The van der Waals surface area contributed by atoms with Gasteiger partial charge in [0.1, 0.15) is 5.01 Å². The topological polar surface area (TPSA) is 49.3 Å². The van der Waals surface area contributed by atoms with Crippen molar-refractivity contribution in [2.24, 2.45) is 4.99 Å². The minimum Gasteiger partial charge on any atom is -0.352 e. The predicted octanol–water partition coefficient (Wildman–Crippen LogP) is 4.57. The molecule has 0 aliphatic heterocycles. The number of alkyl halides is 3. The molecule has 0 saturated carbocycles. The fourth-order valence-electron chi connectivity index (χ4n) is 2.56. The molecule has 0 radical (unpaired) electrons. The SMILES string of the molecule is CN=C(NCc1nc(C(F)(F)F)cs1)NCc1c(C)cc(C)cc1C.I. The Morgan fingerprint density at radius 3 is 2.19 bits per heavy atom. The van der Waals surface area contributed by atoms with Gasteiger partial charge in [0.25, 0.3) is 0 Å². The van der Waals surface area contributed by atoms with Crippen molar-refractivity contribution in [1.29, 1.82) is 0 Å². The summed E-state index contributed by atoms with van der Waals surface area (Å²) in [5, 5.41) is 7.56. The molecule has 0 fully saturated rings. The second-order valence-electron chi connectivity index (χ2n) is 5.78. The van der Waals surface area contributed by atoms with Gasteiger partial charge in [0.2, 0.25) is 0 Å². The monoisotopic (exact) mass is 498 g/mol. The Morgan fingerprint density at radius 1 is 1.12 bits per heavy atom. The lowest BCUT2D eigenvalue weighted by Gasteiger charge is -2.15. The summed E-state index contributed by atoms with van der Waals surface area (Å²) in [7, 11) is 1.62. The Hall–Kier alpha value is -1.36. The van der Waals surface area contributed by atoms with Crippen molar-refractivity contribution in [2.45, 2.75) is 40.0 Å². The molecule has 1 heterocycles. The molecule has 0 atom stereocenters. The van der Waals surface area contributed by atoms with E-state index in [9.17, 15) is 13.2 Å². The van der Waals surface area contributed by atoms with E-state index in [2.05, 4.69) is 53.5 Å². The summed E-state index contributed by atoms with van der Waals surface area (Å²) in [6.45, 7) is 6.94. The fourth-order valence-corrected chi connectivity index (χ4v) is 3.30. The van der Waals surface area contributed by atoms with Crippen LogP contribution in [0.2, 0.25) is 0 Å². The maximum atomic E-state index is 12.6. The number of guanidine groups is 1. The third-order valence-corrected chi connectivity index (χ3v) is 4.59. The van der Waals surface area contributed by atoms with E-state index in [1.807, 2.05) is 0 Å². The van der Waals surface area contributed by atoms with Gasteiger partial charge in [-0.25, -0.2) is 4.98 Å². The van der Waals surface area contributed by atoms with E-state index in [-0.39, 0.29) is 30.5 Å². The van der Waals surface area contributed by atoms with Crippen LogP contribution in [0.3, 0.4) is 0 Å². The highest BCUT2D eigenvalue weighted by atomic mass is 127. The van der Waals surface area contributed by atoms with Crippen molar-refractivity contribution in [2.75, 3.05) is 7.05 Å². The second kappa shape index (κ2) is 9.54. The Balaban J connectivity index is 0.00000338. The largest absolute Gasteiger partial charge is 0.434 e. The van der Waals surface area contributed by atoms with Crippen molar-refractivity contribution in [3.63, 3.8) is 0 Å². The first-order valence-corrected chi connectivity index (χ1v) is 8.61. The molecule has 4 nitrogen and oxygen atoms in total. The highest BCUT2D eigenvalue weighted by Crippen LogP contribution is 2.29. The first kappa shape index (κ1) is 22.7. The second-order valence-corrected chi connectivity index (χ2v) is 6.72. The average Bonchev–Trinajstić information content (AvgIpc) is 2.98. The molecular weight excluding hydrogens is 476 g/mol. The van der Waals surface area contributed by atoms with Crippen LogP contribution in [0.1, 0.15) is 33.0 Å². The van der Waals surface area contributed by atoms with Gasteiger partial charge >= 0.3 is 6.18 Å². The summed E-state index contributed by atoms with van der Waals surface area (Å²) < 4.78 is 37.7. The lowest BCUT2D eigenvalue weighted by atomic mass is 10.00. The number of nitrogens with one attached hydrogen (secondary N) is 2. The smallest absolute Gasteiger partial charge is 0.352 e. The molecule has 26 heavy (non-hydrogen) atoms. The van der Waals surface area contributed by atoms with Crippen LogP contribution in [0.4, 0.5) is 13.2 Å². The maximum absolute atomic E-state index is 12.6. The summed E-state index contributed by atoms with van der Waals surface area (Å²) in [5.41, 5.74) is 3.92. The molecule has 9 heteroatoms. The van der Waals surface area contributed by atoms with E-state index < -0.39 is 11.9 Å². The van der Waals surface area contributed by atoms with Crippen molar-refractivity contribution in [3.05, 3.63) is 50.5 Å². The van der Waals surface area contributed by atoms with Crippen LogP contribution in [-0.2, 0) is 19.3 Å². The zero-order chi connectivity index (χ0) is 18.6. The van der Waals surface area contributed by atoms with E-state index in [0.717, 1.165) is 16.7 Å². The van der Waals surface area contributed by atoms with Gasteiger partial charge in [0.05, 0.1) is 6.54 Å².